The van der Waals surface area contributed by atoms with Gasteiger partial charge in [0.15, 0.2) is 9.84 Å². The molecule has 7 heteroatoms. The molecule has 33 heavy (non-hydrogen) atoms. The summed E-state index contributed by atoms with van der Waals surface area (Å²) in [5.41, 5.74) is 0.940. The number of rotatable bonds is 8. The van der Waals surface area contributed by atoms with Crippen LogP contribution >= 0.6 is 0 Å². The standard InChI is InChI=1S/C26H26FNO4S/c27-21-12-14-23(15-13-21)32-24-8-4-6-20(18-24)11-16-26(29)28-17-5-7-22(28)19-33(30,31)25-9-2-1-3-10-25/h1-4,6,8-10,12-15,18,22H,5,7,11,16-17,19H2. The number of aryl methyl sites for hydroxylation is 1. The first-order valence-corrected chi connectivity index (χ1v) is 12.7. The molecule has 0 radical (unpaired) electrons. The molecule has 4 rings (SSSR count). The fourth-order valence-electron chi connectivity index (χ4n) is 4.11. The molecule has 3 aromatic carbocycles. The lowest BCUT2D eigenvalue weighted by Crippen LogP contribution is -2.39. The summed E-state index contributed by atoms with van der Waals surface area (Å²) in [5, 5.41) is 0. The quantitative estimate of drug-likeness (QED) is 0.467. The van der Waals surface area contributed by atoms with E-state index in [-0.39, 0.29) is 23.5 Å². The topological polar surface area (TPSA) is 63.7 Å². The Morgan fingerprint density at radius 2 is 1.73 bits per heavy atom. The lowest BCUT2D eigenvalue weighted by Gasteiger charge is -2.25. The van der Waals surface area contributed by atoms with Gasteiger partial charge in [-0.15, -0.1) is 0 Å². The summed E-state index contributed by atoms with van der Waals surface area (Å²) in [6.45, 7) is 0.585. The maximum Gasteiger partial charge on any atom is 0.223 e. The first kappa shape index (κ1) is 23.0. The molecule has 3 aromatic rings. The average Bonchev–Trinajstić information content (AvgIpc) is 3.27. The Morgan fingerprint density at radius 1 is 0.970 bits per heavy atom. The molecular formula is C26H26FNO4S. The zero-order chi connectivity index (χ0) is 23.3. The van der Waals surface area contributed by atoms with Crippen LogP contribution in [0.2, 0.25) is 0 Å². The SMILES string of the molecule is O=C(CCc1cccc(Oc2ccc(F)cc2)c1)N1CCCC1CS(=O)(=O)c1ccccc1. The van der Waals surface area contributed by atoms with Crippen molar-refractivity contribution < 1.29 is 22.3 Å². The van der Waals surface area contributed by atoms with Crippen LogP contribution in [0.4, 0.5) is 4.39 Å². The molecule has 0 saturated carbocycles. The van der Waals surface area contributed by atoms with Crippen molar-refractivity contribution in [2.24, 2.45) is 0 Å². The van der Waals surface area contributed by atoms with Crippen LogP contribution in [-0.4, -0.2) is 37.6 Å². The van der Waals surface area contributed by atoms with Crippen LogP contribution in [0.15, 0.2) is 83.8 Å². The van der Waals surface area contributed by atoms with Crippen molar-refractivity contribution in [2.45, 2.75) is 36.6 Å². The van der Waals surface area contributed by atoms with E-state index in [1.54, 1.807) is 53.4 Å². The molecule has 172 valence electrons. The zero-order valence-corrected chi connectivity index (χ0v) is 19.0. The van der Waals surface area contributed by atoms with Crippen LogP contribution in [0.1, 0.15) is 24.8 Å². The number of benzene rings is 3. The third-order valence-electron chi connectivity index (χ3n) is 5.79. The van der Waals surface area contributed by atoms with Gasteiger partial charge in [0.1, 0.15) is 17.3 Å². The molecule has 0 aromatic heterocycles. The molecule has 1 aliphatic heterocycles. The lowest BCUT2D eigenvalue weighted by atomic mass is 10.1. The van der Waals surface area contributed by atoms with Gasteiger partial charge in [-0.25, -0.2) is 12.8 Å². The highest BCUT2D eigenvalue weighted by Crippen LogP contribution is 2.25. The van der Waals surface area contributed by atoms with Gasteiger partial charge in [0.05, 0.1) is 10.6 Å². The molecule has 1 unspecified atom stereocenters. The maximum absolute atomic E-state index is 13.1. The van der Waals surface area contributed by atoms with E-state index in [9.17, 15) is 17.6 Å². The highest BCUT2D eigenvalue weighted by atomic mass is 32.2. The predicted octanol–water partition coefficient (Wildman–Crippen LogP) is 5.02. The lowest BCUT2D eigenvalue weighted by molar-refractivity contribution is -0.131. The van der Waals surface area contributed by atoms with E-state index in [0.717, 1.165) is 12.0 Å². The molecule has 5 nitrogen and oxygen atoms in total. The summed E-state index contributed by atoms with van der Waals surface area (Å²) in [5.74, 6) is 0.727. The number of ether oxygens (including phenoxy) is 1. The number of hydrogen-bond acceptors (Lipinski definition) is 4. The van der Waals surface area contributed by atoms with Crippen molar-refractivity contribution in [1.29, 1.82) is 0 Å². The number of amides is 1. The molecule has 1 saturated heterocycles. The number of nitrogens with zero attached hydrogens (tertiary/aromatic N) is 1. The van der Waals surface area contributed by atoms with Gasteiger partial charge in [-0.05, 0) is 73.4 Å². The highest BCUT2D eigenvalue weighted by Gasteiger charge is 2.32. The van der Waals surface area contributed by atoms with E-state index in [2.05, 4.69) is 0 Å². The maximum atomic E-state index is 13.1. The summed E-state index contributed by atoms with van der Waals surface area (Å²) < 4.78 is 44.4. The second kappa shape index (κ2) is 10.2. The van der Waals surface area contributed by atoms with Crippen molar-refractivity contribution in [3.8, 4) is 11.5 Å². The second-order valence-electron chi connectivity index (χ2n) is 8.18. The highest BCUT2D eigenvalue weighted by molar-refractivity contribution is 7.91. The van der Waals surface area contributed by atoms with Crippen molar-refractivity contribution >= 4 is 15.7 Å². The van der Waals surface area contributed by atoms with Gasteiger partial charge in [0.2, 0.25) is 5.91 Å². The van der Waals surface area contributed by atoms with E-state index in [1.165, 1.54) is 12.1 Å². The number of hydrogen-bond donors (Lipinski definition) is 0. The normalized spacial score (nSPS) is 16.0. The Labute approximate surface area is 193 Å². The van der Waals surface area contributed by atoms with E-state index >= 15 is 0 Å². The van der Waals surface area contributed by atoms with E-state index in [4.69, 9.17) is 4.74 Å². The van der Waals surface area contributed by atoms with Gasteiger partial charge in [0.25, 0.3) is 0 Å². The Bertz CT molecular complexity index is 1200. The van der Waals surface area contributed by atoms with Gasteiger partial charge in [-0.2, -0.15) is 0 Å². The van der Waals surface area contributed by atoms with Crippen LogP contribution < -0.4 is 4.74 Å². The molecule has 1 aliphatic rings. The average molecular weight is 468 g/mol. The van der Waals surface area contributed by atoms with Crippen LogP contribution in [0.3, 0.4) is 0 Å². The van der Waals surface area contributed by atoms with Gasteiger partial charge in [0, 0.05) is 19.0 Å². The van der Waals surface area contributed by atoms with Crippen LogP contribution in [-0.2, 0) is 21.1 Å². The Morgan fingerprint density at radius 3 is 2.48 bits per heavy atom. The van der Waals surface area contributed by atoms with Crippen molar-refractivity contribution in [3.63, 3.8) is 0 Å². The fourth-order valence-corrected chi connectivity index (χ4v) is 5.73. The zero-order valence-electron chi connectivity index (χ0n) is 18.2. The predicted molar refractivity (Wildman–Crippen MR) is 124 cm³/mol. The van der Waals surface area contributed by atoms with Crippen LogP contribution in [0.25, 0.3) is 0 Å². The molecule has 1 heterocycles. The fraction of sp³-hybridized carbons (Fsp3) is 0.269. The summed E-state index contributed by atoms with van der Waals surface area (Å²) in [6.07, 6.45) is 2.32. The molecule has 0 bridgehead atoms. The third kappa shape index (κ3) is 5.99. The minimum absolute atomic E-state index is 0.0365. The van der Waals surface area contributed by atoms with Gasteiger partial charge in [-0.1, -0.05) is 30.3 Å². The van der Waals surface area contributed by atoms with Crippen molar-refractivity contribution in [3.05, 3.63) is 90.2 Å². The summed E-state index contributed by atoms with van der Waals surface area (Å²) in [4.78, 5) is 14.9. The Balaban J connectivity index is 1.35. The summed E-state index contributed by atoms with van der Waals surface area (Å²) in [7, 11) is -3.45. The van der Waals surface area contributed by atoms with Crippen molar-refractivity contribution in [2.75, 3.05) is 12.3 Å². The summed E-state index contributed by atoms with van der Waals surface area (Å²) >= 11 is 0. The monoisotopic (exact) mass is 467 g/mol. The molecule has 1 amide bonds. The third-order valence-corrected chi connectivity index (χ3v) is 7.60. The molecule has 0 aliphatic carbocycles. The van der Waals surface area contributed by atoms with Crippen LogP contribution in [0.5, 0.6) is 11.5 Å². The molecule has 0 spiro atoms. The van der Waals surface area contributed by atoms with Crippen molar-refractivity contribution in [1.82, 2.24) is 4.90 Å². The minimum Gasteiger partial charge on any atom is -0.457 e. The number of sulfone groups is 1. The first-order valence-electron chi connectivity index (χ1n) is 11.0. The van der Waals surface area contributed by atoms with Gasteiger partial charge < -0.3 is 9.64 Å². The number of likely N-dealkylation sites (tertiary alicyclic amines) is 1. The molecule has 1 atom stereocenters. The Hall–Kier alpha value is -3.19. The number of carbonyl (C=O) groups excluding carboxylic acids is 1. The second-order valence-corrected chi connectivity index (χ2v) is 10.2. The van der Waals surface area contributed by atoms with E-state index < -0.39 is 9.84 Å². The Kier molecular flexibility index (Phi) is 7.08. The first-order chi connectivity index (χ1) is 15.9. The minimum atomic E-state index is -3.45. The smallest absolute Gasteiger partial charge is 0.223 e. The molecule has 1 fully saturated rings. The molecular weight excluding hydrogens is 441 g/mol. The van der Waals surface area contributed by atoms with Gasteiger partial charge >= 0.3 is 0 Å². The van der Waals surface area contributed by atoms with Crippen LogP contribution in [0, 0.1) is 5.82 Å². The van der Waals surface area contributed by atoms with E-state index in [1.807, 2.05) is 18.2 Å². The number of carbonyl (C=O) groups is 1. The van der Waals surface area contributed by atoms with E-state index in [0.29, 0.717) is 42.2 Å². The largest absolute Gasteiger partial charge is 0.457 e. The number of halogens is 1. The summed E-state index contributed by atoms with van der Waals surface area (Å²) in [6, 6.07) is 21.3. The molecule has 0 N–H and O–H groups in total. The van der Waals surface area contributed by atoms with Gasteiger partial charge in [-0.3, -0.25) is 4.79 Å².